The first-order chi connectivity index (χ1) is 15.9. The van der Waals surface area contributed by atoms with E-state index in [4.69, 9.17) is 9.47 Å². The van der Waals surface area contributed by atoms with Gasteiger partial charge >= 0.3 is 0 Å². The summed E-state index contributed by atoms with van der Waals surface area (Å²) in [5, 5.41) is 8.08. The Kier molecular flexibility index (Phi) is 6.45. The van der Waals surface area contributed by atoms with Gasteiger partial charge in [0.15, 0.2) is 5.65 Å². The van der Waals surface area contributed by atoms with Crippen molar-refractivity contribution in [2.24, 2.45) is 0 Å². The predicted octanol–water partition coefficient (Wildman–Crippen LogP) is 3.10. The van der Waals surface area contributed by atoms with Crippen molar-refractivity contribution in [3.63, 3.8) is 0 Å². The number of sulfone groups is 1. The van der Waals surface area contributed by atoms with Gasteiger partial charge in [-0.3, -0.25) is 0 Å². The van der Waals surface area contributed by atoms with Crippen molar-refractivity contribution in [1.82, 2.24) is 19.7 Å². The van der Waals surface area contributed by atoms with Gasteiger partial charge in [0.2, 0.25) is 9.84 Å². The lowest BCUT2D eigenvalue weighted by Crippen LogP contribution is -2.11. The maximum Gasteiger partial charge on any atom is 0.250 e. The molecular weight excluding hydrogens is 442 g/mol. The third-order valence-electron chi connectivity index (χ3n) is 5.21. The average Bonchev–Trinajstić information content (AvgIpc) is 3.24. The van der Waals surface area contributed by atoms with Gasteiger partial charge in [-0.2, -0.15) is 10.1 Å². The highest BCUT2D eigenvalue weighted by Crippen LogP contribution is 2.24. The van der Waals surface area contributed by atoms with Crippen molar-refractivity contribution >= 4 is 26.7 Å². The molecule has 0 unspecified atom stereocenters. The van der Waals surface area contributed by atoms with Crippen molar-refractivity contribution in [3.05, 3.63) is 65.9 Å². The van der Waals surface area contributed by atoms with Crippen LogP contribution in [0.3, 0.4) is 0 Å². The number of nitrogens with zero attached hydrogens (tertiary/aromatic N) is 4. The second-order valence-electron chi connectivity index (χ2n) is 7.50. The summed E-state index contributed by atoms with van der Waals surface area (Å²) in [4.78, 5) is 8.58. The average molecular weight is 468 g/mol. The van der Waals surface area contributed by atoms with Gasteiger partial charge in [-0.1, -0.05) is 30.3 Å². The highest BCUT2D eigenvalue weighted by molar-refractivity contribution is 7.90. The molecule has 2 aromatic carbocycles. The topological polar surface area (TPSA) is 108 Å². The van der Waals surface area contributed by atoms with Crippen molar-refractivity contribution in [2.45, 2.75) is 24.7 Å². The Morgan fingerprint density at radius 2 is 1.76 bits per heavy atom. The lowest BCUT2D eigenvalue weighted by molar-refractivity contribution is 0.408. The number of ether oxygens (including phenoxy) is 2. The van der Waals surface area contributed by atoms with E-state index in [9.17, 15) is 8.42 Å². The van der Waals surface area contributed by atoms with Gasteiger partial charge in [0.05, 0.1) is 25.8 Å². The number of aryl methyl sites for hydroxylation is 2. The molecular formula is C23H25N5O4S. The van der Waals surface area contributed by atoms with E-state index >= 15 is 0 Å². The first-order valence-electron chi connectivity index (χ1n) is 10.3. The van der Waals surface area contributed by atoms with Gasteiger partial charge in [-0.05, 0) is 35.7 Å². The number of rotatable bonds is 9. The molecule has 0 saturated heterocycles. The zero-order valence-electron chi connectivity index (χ0n) is 18.6. The summed E-state index contributed by atoms with van der Waals surface area (Å²) in [7, 11) is -0.373. The number of fused-ring (bicyclic) bond motifs is 1. The van der Waals surface area contributed by atoms with Crippen LogP contribution in [0.4, 0.5) is 5.82 Å². The second kappa shape index (κ2) is 9.45. The first-order valence-corrected chi connectivity index (χ1v) is 12.2. The minimum atomic E-state index is -3.62. The molecule has 1 N–H and O–H groups in total. The molecule has 4 rings (SSSR count). The van der Waals surface area contributed by atoms with E-state index in [2.05, 4.69) is 20.4 Å². The normalized spacial score (nSPS) is 11.5. The first kappa shape index (κ1) is 22.5. The van der Waals surface area contributed by atoms with Crippen LogP contribution >= 0.6 is 0 Å². The van der Waals surface area contributed by atoms with Crippen molar-refractivity contribution < 1.29 is 17.9 Å². The monoisotopic (exact) mass is 467 g/mol. The molecule has 0 amide bonds. The van der Waals surface area contributed by atoms with Crippen molar-refractivity contribution in [1.29, 1.82) is 0 Å². The highest BCUT2D eigenvalue weighted by atomic mass is 32.2. The minimum Gasteiger partial charge on any atom is -0.497 e. The number of hydrogen-bond donors (Lipinski definition) is 1. The van der Waals surface area contributed by atoms with Crippen LogP contribution in [0.5, 0.6) is 11.5 Å². The summed E-state index contributed by atoms with van der Waals surface area (Å²) < 4.78 is 36.8. The maximum atomic E-state index is 12.3. The standard InChI is InChI=1S/C23H25N5O4S/c1-31-18-10-8-16(9-11-18)14-24-21-19-15-25-28(22(19)27-23(26-21)33(3,29)30)13-12-17-6-4-5-7-20(17)32-2/h4-11,15H,12-14H2,1-3H3,(H,24,26,27). The van der Waals surface area contributed by atoms with Crippen LogP contribution in [-0.4, -0.2) is 48.6 Å². The fraction of sp³-hybridized carbons (Fsp3) is 0.261. The van der Waals surface area contributed by atoms with Gasteiger partial charge in [0, 0.05) is 19.3 Å². The van der Waals surface area contributed by atoms with Crippen LogP contribution in [0.15, 0.2) is 59.9 Å². The quantitative estimate of drug-likeness (QED) is 0.374. The van der Waals surface area contributed by atoms with Gasteiger partial charge < -0.3 is 14.8 Å². The Morgan fingerprint density at radius 1 is 1.00 bits per heavy atom. The summed E-state index contributed by atoms with van der Waals surface area (Å²) in [6, 6.07) is 15.3. The third-order valence-corrected chi connectivity index (χ3v) is 6.06. The number of para-hydroxylation sites is 1. The van der Waals surface area contributed by atoms with E-state index < -0.39 is 9.84 Å². The number of methoxy groups -OCH3 is 2. The molecule has 0 saturated carbocycles. The molecule has 9 nitrogen and oxygen atoms in total. The SMILES string of the molecule is COc1ccc(CNc2nc(S(C)(=O)=O)nc3c2cnn3CCc2ccccc2OC)cc1. The Labute approximate surface area is 192 Å². The molecule has 0 aliphatic rings. The van der Waals surface area contributed by atoms with Crippen LogP contribution in [0.25, 0.3) is 11.0 Å². The molecule has 0 spiro atoms. The van der Waals surface area contributed by atoms with E-state index in [1.165, 1.54) is 0 Å². The van der Waals surface area contributed by atoms with Gasteiger partial charge in [0.25, 0.3) is 5.16 Å². The van der Waals surface area contributed by atoms with Crippen LogP contribution in [-0.2, 0) is 29.3 Å². The molecule has 0 aliphatic carbocycles. The largest absolute Gasteiger partial charge is 0.497 e. The highest BCUT2D eigenvalue weighted by Gasteiger charge is 2.19. The summed E-state index contributed by atoms with van der Waals surface area (Å²) >= 11 is 0. The van der Waals surface area contributed by atoms with Crippen molar-refractivity contribution in [2.75, 3.05) is 25.8 Å². The Morgan fingerprint density at radius 3 is 2.45 bits per heavy atom. The molecule has 172 valence electrons. The minimum absolute atomic E-state index is 0.244. The molecule has 0 bridgehead atoms. The number of benzene rings is 2. The van der Waals surface area contributed by atoms with Crippen LogP contribution in [0.2, 0.25) is 0 Å². The van der Waals surface area contributed by atoms with Gasteiger partial charge in [-0.25, -0.2) is 18.1 Å². The van der Waals surface area contributed by atoms with E-state index in [0.29, 0.717) is 36.4 Å². The molecule has 10 heteroatoms. The molecule has 4 aromatic rings. The molecule has 0 atom stereocenters. The van der Waals surface area contributed by atoms with E-state index in [-0.39, 0.29) is 5.16 Å². The summed E-state index contributed by atoms with van der Waals surface area (Å²) in [5.74, 6) is 1.97. The van der Waals surface area contributed by atoms with E-state index in [1.807, 2.05) is 48.5 Å². The van der Waals surface area contributed by atoms with Crippen LogP contribution in [0.1, 0.15) is 11.1 Å². The van der Waals surface area contributed by atoms with Gasteiger partial charge in [0.1, 0.15) is 17.3 Å². The molecule has 2 aromatic heterocycles. The van der Waals surface area contributed by atoms with Crippen molar-refractivity contribution in [3.8, 4) is 11.5 Å². The number of nitrogens with one attached hydrogen (secondary N) is 1. The Bertz CT molecular complexity index is 1370. The molecule has 0 aliphatic heterocycles. The fourth-order valence-corrected chi connectivity index (χ4v) is 3.97. The third kappa shape index (κ3) is 5.06. The number of anilines is 1. The predicted molar refractivity (Wildman–Crippen MR) is 125 cm³/mol. The summed E-state index contributed by atoms with van der Waals surface area (Å²) in [5.41, 5.74) is 2.48. The van der Waals surface area contributed by atoms with E-state index in [0.717, 1.165) is 28.9 Å². The molecule has 33 heavy (non-hydrogen) atoms. The fourth-order valence-electron chi connectivity index (χ4n) is 3.46. The zero-order valence-corrected chi connectivity index (χ0v) is 19.5. The summed E-state index contributed by atoms with van der Waals surface area (Å²) in [6.07, 6.45) is 3.39. The van der Waals surface area contributed by atoms with Crippen LogP contribution < -0.4 is 14.8 Å². The zero-order chi connectivity index (χ0) is 23.4. The molecule has 0 fully saturated rings. The summed E-state index contributed by atoms with van der Waals surface area (Å²) in [6.45, 7) is 0.952. The molecule has 2 heterocycles. The molecule has 0 radical (unpaired) electrons. The second-order valence-corrected chi connectivity index (χ2v) is 9.40. The lowest BCUT2D eigenvalue weighted by Gasteiger charge is -2.11. The Balaban J connectivity index is 1.64. The smallest absolute Gasteiger partial charge is 0.250 e. The Hall–Kier alpha value is -3.66. The number of hydrogen-bond acceptors (Lipinski definition) is 8. The number of aromatic nitrogens is 4. The lowest BCUT2D eigenvalue weighted by atomic mass is 10.1. The maximum absolute atomic E-state index is 12.3. The van der Waals surface area contributed by atoms with E-state index in [1.54, 1.807) is 25.1 Å². The van der Waals surface area contributed by atoms with Crippen LogP contribution in [0, 0.1) is 0 Å². The van der Waals surface area contributed by atoms with Gasteiger partial charge in [-0.15, -0.1) is 0 Å².